The van der Waals surface area contributed by atoms with Gasteiger partial charge in [0.25, 0.3) is 0 Å². The number of fused-ring (bicyclic) bond motifs is 1. The highest BCUT2D eigenvalue weighted by Crippen LogP contribution is 2.32. The van der Waals surface area contributed by atoms with Crippen molar-refractivity contribution < 1.29 is 4.74 Å². The molecular weight excluding hydrogens is 357 g/mol. The lowest BCUT2D eigenvalue weighted by Crippen LogP contribution is -2.37. The zero-order valence-corrected chi connectivity index (χ0v) is 15.3. The Morgan fingerprint density at radius 1 is 1.20 bits per heavy atom. The molecule has 4 rings (SSSR count). The molecule has 3 N–H and O–H groups in total. The zero-order chi connectivity index (χ0) is 16.7. The number of hydrogen-bond acceptors (Lipinski definition) is 3. The van der Waals surface area contributed by atoms with Crippen LogP contribution in [-0.2, 0) is 10.3 Å². The van der Waals surface area contributed by atoms with Gasteiger partial charge in [-0.1, -0.05) is 35.9 Å². The van der Waals surface area contributed by atoms with Crippen molar-refractivity contribution in [3.63, 3.8) is 0 Å². The number of aromatic amines is 1. The molecule has 130 valence electrons. The standard InChI is InChI=1S/C19H18ClN3O.ClH/c1-19(11-24-10-18(21)23-19)14-4-2-3-12(7-14)16-8-13-5-6-15(20)9-17(13)22-16;/h2-9,22H,10-11H2,1H3,(H2,21,23);1H/t19-;/m1./s1. The lowest BCUT2D eigenvalue weighted by molar-refractivity contribution is 0.106. The van der Waals surface area contributed by atoms with Crippen LogP contribution in [0.2, 0.25) is 5.02 Å². The van der Waals surface area contributed by atoms with E-state index in [1.165, 1.54) is 0 Å². The molecule has 0 amide bonds. The van der Waals surface area contributed by atoms with E-state index < -0.39 is 5.54 Å². The minimum atomic E-state index is -0.451. The van der Waals surface area contributed by atoms with Crippen molar-refractivity contribution >= 4 is 40.7 Å². The van der Waals surface area contributed by atoms with Crippen molar-refractivity contribution in [1.29, 1.82) is 0 Å². The number of aromatic nitrogens is 1. The van der Waals surface area contributed by atoms with E-state index in [0.29, 0.717) is 19.0 Å². The Morgan fingerprint density at radius 2 is 2.04 bits per heavy atom. The van der Waals surface area contributed by atoms with E-state index in [2.05, 4.69) is 34.2 Å². The smallest absolute Gasteiger partial charge is 0.121 e. The molecule has 0 fully saturated rings. The van der Waals surface area contributed by atoms with Gasteiger partial charge in [0, 0.05) is 21.6 Å². The molecular formula is C19H19Cl2N3O. The number of halogens is 2. The van der Waals surface area contributed by atoms with E-state index in [9.17, 15) is 0 Å². The number of nitrogens with zero attached hydrogens (tertiary/aromatic N) is 1. The van der Waals surface area contributed by atoms with Crippen LogP contribution in [0.3, 0.4) is 0 Å². The van der Waals surface area contributed by atoms with Crippen LogP contribution in [-0.4, -0.2) is 24.0 Å². The number of H-pyrrole nitrogens is 1. The molecule has 3 aromatic rings. The van der Waals surface area contributed by atoms with Gasteiger partial charge in [0.2, 0.25) is 0 Å². The van der Waals surface area contributed by atoms with Crippen LogP contribution in [0.25, 0.3) is 22.2 Å². The van der Waals surface area contributed by atoms with Gasteiger partial charge in [-0.25, -0.2) is 0 Å². The van der Waals surface area contributed by atoms with Crippen molar-refractivity contribution in [3.8, 4) is 11.3 Å². The topological polar surface area (TPSA) is 63.4 Å². The number of nitrogens with two attached hydrogens (primary N) is 1. The summed E-state index contributed by atoms with van der Waals surface area (Å²) in [7, 11) is 0. The number of nitrogens with one attached hydrogen (secondary N) is 1. The van der Waals surface area contributed by atoms with Gasteiger partial charge in [-0.3, -0.25) is 4.99 Å². The average molecular weight is 376 g/mol. The molecule has 1 aliphatic rings. The normalized spacial score (nSPS) is 20.2. The summed E-state index contributed by atoms with van der Waals surface area (Å²) in [4.78, 5) is 8.04. The Balaban J connectivity index is 0.00000182. The first-order valence-corrected chi connectivity index (χ1v) is 8.22. The molecule has 1 atom stereocenters. The highest BCUT2D eigenvalue weighted by atomic mass is 35.5. The maximum absolute atomic E-state index is 6.07. The van der Waals surface area contributed by atoms with Gasteiger partial charge in [0.1, 0.15) is 18.0 Å². The third-order valence-corrected chi connectivity index (χ3v) is 4.64. The SMILES string of the molecule is C[C@]1(c2cccc(-c3cc4ccc(Cl)cc4[nH]3)c2)COCC(N)=N1.Cl. The number of aliphatic imine (C=N–C) groups is 1. The van der Waals surface area contributed by atoms with Crippen LogP contribution in [0.1, 0.15) is 12.5 Å². The molecule has 6 heteroatoms. The minimum Gasteiger partial charge on any atom is -0.386 e. The lowest BCUT2D eigenvalue weighted by Gasteiger charge is -2.30. The van der Waals surface area contributed by atoms with Gasteiger partial charge in [-0.15, -0.1) is 12.4 Å². The van der Waals surface area contributed by atoms with E-state index in [-0.39, 0.29) is 12.4 Å². The molecule has 2 aromatic carbocycles. The predicted molar refractivity (Wildman–Crippen MR) is 106 cm³/mol. The van der Waals surface area contributed by atoms with Crippen LogP contribution >= 0.6 is 24.0 Å². The van der Waals surface area contributed by atoms with Gasteiger partial charge in [0.05, 0.1) is 6.61 Å². The second-order valence-electron chi connectivity index (χ2n) is 6.37. The van der Waals surface area contributed by atoms with Crippen LogP contribution in [0.15, 0.2) is 53.5 Å². The molecule has 0 aliphatic carbocycles. The zero-order valence-electron chi connectivity index (χ0n) is 13.8. The van der Waals surface area contributed by atoms with Crippen LogP contribution in [0.5, 0.6) is 0 Å². The molecule has 0 saturated heterocycles. The molecule has 0 saturated carbocycles. The fourth-order valence-corrected chi connectivity index (χ4v) is 3.33. The van der Waals surface area contributed by atoms with Crippen LogP contribution in [0.4, 0.5) is 0 Å². The Bertz CT molecular complexity index is 951. The van der Waals surface area contributed by atoms with Crippen molar-refractivity contribution in [1.82, 2.24) is 4.98 Å². The third kappa shape index (κ3) is 3.38. The van der Waals surface area contributed by atoms with Gasteiger partial charge in [0.15, 0.2) is 0 Å². The van der Waals surface area contributed by atoms with Gasteiger partial charge >= 0.3 is 0 Å². The highest BCUT2D eigenvalue weighted by molar-refractivity contribution is 6.31. The van der Waals surface area contributed by atoms with Crippen molar-refractivity contribution in [2.24, 2.45) is 10.7 Å². The van der Waals surface area contributed by atoms with Gasteiger partial charge in [-0.05, 0) is 42.3 Å². The van der Waals surface area contributed by atoms with Gasteiger partial charge < -0.3 is 15.5 Å². The van der Waals surface area contributed by atoms with E-state index in [4.69, 9.17) is 22.1 Å². The Morgan fingerprint density at radius 3 is 2.84 bits per heavy atom. The minimum absolute atomic E-state index is 0. The van der Waals surface area contributed by atoms with Crippen molar-refractivity contribution in [2.75, 3.05) is 13.2 Å². The molecule has 4 nitrogen and oxygen atoms in total. The second-order valence-corrected chi connectivity index (χ2v) is 6.80. The molecule has 1 aliphatic heterocycles. The maximum atomic E-state index is 6.07. The fourth-order valence-electron chi connectivity index (χ4n) is 3.16. The van der Waals surface area contributed by atoms with Crippen molar-refractivity contribution in [2.45, 2.75) is 12.5 Å². The summed E-state index contributed by atoms with van der Waals surface area (Å²) in [5, 5.41) is 1.86. The third-order valence-electron chi connectivity index (χ3n) is 4.40. The largest absolute Gasteiger partial charge is 0.386 e. The molecule has 0 bridgehead atoms. The summed E-state index contributed by atoms with van der Waals surface area (Å²) >= 11 is 6.07. The Hall–Kier alpha value is -2.01. The highest BCUT2D eigenvalue weighted by Gasteiger charge is 2.30. The molecule has 0 unspecified atom stereocenters. The van der Waals surface area contributed by atoms with Crippen molar-refractivity contribution in [3.05, 3.63) is 59.1 Å². The second kappa shape index (κ2) is 6.71. The first kappa shape index (κ1) is 17.8. The summed E-state index contributed by atoms with van der Waals surface area (Å²) in [6, 6.07) is 16.3. The number of ether oxygens (including phenoxy) is 1. The predicted octanol–water partition coefficient (Wildman–Crippen LogP) is 4.51. The van der Waals surface area contributed by atoms with E-state index in [1.54, 1.807) is 0 Å². The number of rotatable bonds is 2. The fraction of sp³-hybridized carbons (Fsp3) is 0.211. The summed E-state index contributed by atoms with van der Waals surface area (Å²) < 4.78 is 5.58. The summed E-state index contributed by atoms with van der Waals surface area (Å²) in [5.41, 5.74) is 9.67. The molecule has 0 spiro atoms. The Labute approximate surface area is 157 Å². The molecule has 0 radical (unpaired) electrons. The quantitative estimate of drug-likeness (QED) is 0.691. The van der Waals surface area contributed by atoms with Crippen LogP contribution in [0, 0.1) is 0 Å². The number of amidine groups is 1. The molecule has 25 heavy (non-hydrogen) atoms. The number of hydrogen-bond donors (Lipinski definition) is 2. The number of benzene rings is 2. The van der Waals surface area contributed by atoms with E-state index in [1.807, 2.05) is 31.2 Å². The van der Waals surface area contributed by atoms with Gasteiger partial charge in [-0.2, -0.15) is 0 Å². The summed E-state index contributed by atoms with van der Waals surface area (Å²) in [6.45, 7) is 2.97. The monoisotopic (exact) mass is 375 g/mol. The summed E-state index contributed by atoms with van der Waals surface area (Å²) in [6.07, 6.45) is 0. The summed E-state index contributed by atoms with van der Waals surface area (Å²) in [5.74, 6) is 0.536. The molecule has 1 aromatic heterocycles. The average Bonchev–Trinajstić information content (AvgIpc) is 2.98. The van der Waals surface area contributed by atoms with Crippen LogP contribution < -0.4 is 5.73 Å². The first-order chi connectivity index (χ1) is 11.5. The van der Waals surface area contributed by atoms with E-state index in [0.717, 1.165) is 32.7 Å². The lowest BCUT2D eigenvalue weighted by atomic mass is 9.91. The Kier molecular flexibility index (Phi) is 4.78. The molecule has 2 heterocycles. The maximum Gasteiger partial charge on any atom is 0.121 e. The first-order valence-electron chi connectivity index (χ1n) is 7.85. The van der Waals surface area contributed by atoms with E-state index >= 15 is 0 Å².